The van der Waals surface area contributed by atoms with Gasteiger partial charge in [-0.1, -0.05) is 57.5 Å². The lowest BCUT2D eigenvalue weighted by Crippen LogP contribution is -2.27. The van der Waals surface area contributed by atoms with Gasteiger partial charge in [-0.05, 0) is 18.0 Å². The molecule has 0 aliphatic carbocycles. The molecule has 1 heteroatoms. The second kappa shape index (κ2) is 6.62. The minimum atomic E-state index is 0.800. The van der Waals surface area contributed by atoms with Gasteiger partial charge in [0, 0.05) is 13.1 Å². The molecule has 1 aromatic rings. The molecular formula is C14H23N. The zero-order valence-corrected chi connectivity index (χ0v) is 10.2. The quantitative estimate of drug-likeness (QED) is 0.686. The van der Waals surface area contributed by atoms with Crippen LogP contribution >= 0.6 is 0 Å². The Morgan fingerprint density at radius 2 is 1.80 bits per heavy atom. The fraction of sp³-hybridized carbons (Fsp3) is 0.571. The van der Waals surface area contributed by atoms with Gasteiger partial charge in [0.1, 0.15) is 0 Å². The van der Waals surface area contributed by atoms with Crippen molar-refractivity contribution in [2.45, 2.75) is 33.7 Å². The average Bonchev–Trinajstić information content (AvgIpc) is 2.29. The van der Waals surface area contributed by atoms with E-state index in [9.17, 15) is 0 Å². The van der Waals surface area contributed by atoms with E-state index in [1.54, 1.807) is 0 Å². The number of nitrogens with zero attached hydrogens (tertiary/aromatic N) is 1. The second-order valence-electron chi connectivity index (χ2n) is 4.33. The first-order chi connectivity index (χ1) is 7.26. The monoisotopic (exact) mass is 205 g/mol. The third-order valence-electron chi connectivity index (χ3n) is 2.96. The summed E-state index contributed by atoms with van der Waals surface area (Å²) in [5.41, 5.74) is 1.42. The fourth-order valence-electron chi connectivity index (χ4n) is 1.72. The molecule has 0 spiro atoms. The van der Waals surface area contributed by atoms with E-state index in [1.807, 2.05) is 0 Å². The van der Waals surface area contributed by atoms with Crippen molar-refractivity contribution in [2.75, 3.05) is 13.1 Å². The number of hydrogen-bond donors (Lipinski definition) is 0. The summed E-state index contributed by atoms with van der Waals surface area (Å²) in [4.78, 5) is 2.52. The molecule has 0 bridgehead atoms. The summed E-state index contributed by atoms with van der Waals surface area (Å²) in [6.45, 7) is 10.3. The molecule has 0 aliphatic rings. The second-order valence-corrected chi connectivity index (χ2v) is 4.33. The van der Waals surface area contributed by atoms with E-state index in [2.05, 4.69) is 56.0 Å². The normalized spacial score (nSPS) is 13.1. The van der Waals surface area contributed by atoms with Gasteiger partial charge in [-0.15, -0.1) is 0 Å². The Morgan fingerprint density at radius 1 is 1.13 bits per heavy atom. The standard InChI is InChI=1S/C14H23N/c1-4-13(3)11-15(5-2)12-14-9-7-6-8-10-14/h6-10,13H,4-5,11-12H2,1-3H3/t13-/m0/s1. The Bertz CT molecular complexity index is 255. The van der Waals surface area contributed by atoms with Crippen molar-refractivity contribution in [1.29, 1.82) is 0 Å². The molecule has 0 N–H and O–H groups in total. The van der Waals surface area contributed by atoms with E-state index < -0.39 is 0 Å². The molecule has 1 atom stereocenters. The summed E-state index contributed by atoms with van der Waals surface area (Å²) in [5.74, 6) is 0.800. The highest BCUT2D eigenvalue weighted by atomic mass is 15.1. The van der Waals surface area contributed by atoms with E-state index in [0.29, 0.717) is 0 Å². The van der Waals surface area contributed by atoms with Crippen LogP contribution in [0.1, 0.15) is 32.8 Å². The molecule has 15 heavy (non-hydrogen) atoms. The number of benzene rings is 1. The van der Waals surface area contributed by atoms with Crippen LogP contribution in [0.5, 0.6) is 0 Å². The highest BCUT2D eigenvalue weighted by molar-refractivity contribution is 5.14. The number of rotatable bonds is 6. The van der Waals surface area contributed by atoms with Crippen molar-refractivity contribution in [3.05, 3.63) is 35.9 Å². The molecule has 0 amide bonds. The van der Waals surface area contributed by atoms with Gasteiger partial charge in [0.25, 0.3) is 0 Å². The molecule has 84 valence electrons. The lowest BCUT2D eigenvalue weighted by molar-refractivity contribution is 0.238. The maximum atomic E-state index is 2.52. The summed E-state index contributed by atoms with van der Waals surface area (Å²) in [6.07, 6.45) is 1.27. The Morgan fingerprint density at radius 3 is 2.33 bits per heavy atom. The molecule has 1 rings (SSSR count). The van der Waals surface area contributed by atoms with Crippen LogP contribution in [0.3, 0.4) is 0 Å². The Labute approximate surface area is 94.1 Å². The van der Waals surface area contributed by atoms with Crippen LogP contribution in [0.15, 0.2) is 30.3 Å². The molecule has 0 heterocycles. The summed E-state index contributed by atoms with van der Waals surface area (Å²) in [6, 6.07) is 10.7. The predicted molar refractivity (Wildman–Crippen MR) is 66.8 cm³/mol. The molecule has 1 aromatic carbocycles. The van der Waals surface area contributed by atoms with Crippen molar-refractivity contribution in [3.63, 3.8) is 0 Å². The first-order valence-corrected chi connectivity index (χ1v) is 6.02. The molecule has 0 aliphatic heterocycles. The van der Waals surface area contributed by atoms with E-state index in [4.69, 9.17) is 0 Å². The van der Waals surface area contributed by atoms with Crippen LogP contribution in [0, 0.1) is 5.92 Å². The lowest BCUT2D eigenvalue weighted by atomic mass is 10.1. The van der Waals surface area contributed by atoms with Crippen LogP contribution in [0.2, 0.25) is 0 Å². The van der Waals surface area contributed by atoms with Crippen LogP contribution in [0.25, 0.3) is 0 Å². The summed E-state index contributed by atoms with van der Waals surface area (Å²) >= 11 is 0. The van der Waals surface area contributed by atoms with Crippen LogP contribution in [-0.4, -0.2) is 18.0 Å². The molecule has 0 unspecified atom stereocenters. The molecule has 0 saturated heterocycles. The van der Waals surface area contributed by atoms with Gasteiger partial charge in [0.2, 0.25) is 0 Å². The summed E-state index contributed by atoms with van der Waals surface area (Å²) in [7, 11) is 0. The topological polar surface area (TPSA) is 3.24 Å². The minimum absolute atomic E-state index is 0.800. The van der Waals surface area contributed by atoms with Crippen molar-refractivity contribution in [2.24, 2.45) is 5.92 Å². The van der Waals surface area contributed by atoms with Crippen molar-refractivity contribution in [3.8, 4) is 0 Å². The van der Waals surface area contributed by atoms with Gasteiger partial charge in [-0.25, -0.2) is 0 Å². The van der Waals surface area contributed by atoms with E-state index in [1.165, 1.54) is 18.5 Å². The fourth-order valence-corrected chi connectivity index (χ4v) is 1.72. The van der Waals surface area contributed by atoms with Gasteiger partial charge in [0.15, 0.2) is 0 Å². The summed E-state index contributed by atoms with van der Waals surface area (Å²) in [5, 5.41) is 0. The molecule has 0 fully saturated rings. The Hall–Kier alpha value is -0.820. The average molecular weight is 205 g/mol. The van der Waals surface area contributed by atoms with E-state index in [0.717, 1.165) is 19.0 Å². The third kappa shape index (κ3) is 4.48. The Kier molecular flexibility index (Phi) is 5.41. The maximum Gasteiger partial charge on any atom is 0.0233 e. The van der Waals surface area contributed by atoms with E-state index >= 15 is 0 Å². The molecule has 1 nitrogen and oxygen atoms in total. The van der Waals surface area contributed by atoms with Crippen LogP contribution in [-0.2, 0) is 6.54 Å². The van der Waals surface area contributed by atoms with Crippen LogP contribution < -0.4 is 0 Å². The van der Waals surface area contributed by atoms with Gasteiger partial charge < -0.3 is 0 Å². The smallest absolute Gasteiger partial charge is 0.0233 e. The van der Waals surface area contributed by atoms with Gasteiger partial charge in [0.05, 0.1) is 0 Å². The molecular weight excluding hydrogens is 182 g/mol. The summed E-state index contributed by atoms with van der Waals surface area (Å²) < 4.78 is 0. The largest absolute Gasteiger partial charge is 0.299 e. The first kappa shape index (κ1) is 12.3. The third-order valence-corrected chi connectivity index (χ3v) is 2.96. The number of hydrogen-bond acceptors (Lipinski definition) is 1. The van der Waals surface area contributed by atoms with Gasteiger partial charge >= 0.3 is 0 Å². The zero-order chi connectivity index (χ0) is 11.1. The highest BCUT2D eigenvalue weighted by Gasteiger charge is 2.07. The van der Waals surface area contributed by atoms with E-state index in [-0.39, 0.29) is 0 Å². The SMILES string of the molecule is CC[C@H](C)CN(CC)Cc1ccccc1. The van der Waals surface area contributed by atoms with Crippen molar-refractivity contribution >= 4 is 0 Å². The van der Waals surface area contributed by atoms with Crippen molar-refractivity contribution in [1.82, 2.24) is 4.90 Å². The minimum Gasteiger partial charge on any atom is -0.299 e. The maximum absolute atomic E-state index is 2.52. The molecule has 0 aromatic heterocycles. The van der Waals surface area contributed by atoms with Gasteiger partial charge in [-0.3, -0.25) is 4.90 Å². The lowest BCUT2D eigenvalue weighted by Gasteiger charge is -2.23. The highest BCUT2D eigenvalue weighted by Crippen LogP contribution is 2.08. The zero-order valence-electron chi connectivity index (χ0n) is 10.2. The molecule has 0 saturated carbocycles. The van der Waals surface area contributed by atoms with Crippen molar-refractivity contribution < 1.29 is 0 Å². The molecule has 0 radical (unpaired) electrons. The van der Waals surface area contributed by atoms with Crippen LogP contribution in [0.4, 0.5) is 0 Å². The Balaban J connectivity index is 2.47. The predicted octanol–water partition coefficient (Wildman–Crippen LogP) is 3.55. The first-order valence-electron chi connectivity index (χ1n) is 6.02. The van der Waals surface area contributed by atoms with Gasteiger partial charge in [-0.2, -0.15) is 0 Å².